The van der Waals surface area contributed by atoms with Crippen LogP contribution in [0, 0.1) is 0 Å². The second-order valence-corrected chi connectivity index (χ2v) is 5.64. The van der Waals surface area contributed by atoms with Crippen LogP contribution in [0.1, 0.15) is 16.5 Å². The van der Waals surface area contributed by atoms with E-state index in [2.05, 4.69) is 6.07 Å². The summed E-state index contributed by atoms with van der Waals surface area (Å²) in [5.41, 5.74) is 2.14. The Labute approximate surface area is 128 Å². The maximum Gasteiger partial charge on any atom is 0.137 e. The van der Waals surface area contributed by atoms with Crippen molar-refractivity contribution in [2.75, 3.05) is 7.11 Å². The highest BCUT2D eigenvalue weighted by Gasteiger charge is 2.30. The summed E-state index contributed by atoms with van der Waals surface area (Å²) < 4.78 is 11.1. The van der Waals surface area contributed by atoms with E-state index >= 15 is 0 Å². The molecule has 0 aliphatic carbocycles. The third-order valence-electron chi connectivity index (χ3n) is 3.49. The highest BCUT2D eigenvalue weighted by atomic mass is 35.5. The van der Waals surface area contributed by atoms with Gasteiger partial charge >= 0.3 is 0 Å². The Morgan fingerprint density at radius 3 is 2.75 bits per heavy atom. The lowest BCUT2D eigenvalue weighted by atomic mass is 10.0. The SMILES string of the molecule is COc1ccc(C(Cl)C2Cc3ccccc3O2)cc1Cl. The van der Waals surface area contributed by atoms with Gasteiger partial charge in [0.1, 0.15) is 17.6 Å². The molecule has 2 atom stereocenters. The molecule has 0 spiro atoms. The first-order chi connectivity index (χ1) is 9.69. The molecule has 2 aromatic rings. The Morgan fingerprint density at radius 1 is 1.25 bits per heavy atom. The molecule has 2 aromatic carbocycles. The van der Waals surface area contributed by atoms with Gasteiger partial charge in [-0.3, -0.25) is 0 Å². The summed E-state index contributed by atoms with van der Waals surface area (Å²) in [5, 5.41) is 0.317. The summed E-state index contributed by atoms with van der Waals surface area (Å²) in [4.78, 5) is 0. The van der Waals surface area contributed by atoms with Crippen LogP contribution in [-0.4, -0.2) is 13.2 Å². The third-order valence-corrected chi connectivity index (χ3v) is 4.32. The molecule has 0 fully saturated rings. The maximum atomic E-state index is 6.55. The fourth-order valence-corrected chi connectivity index (χ4v) is 2.98. The van der Waals surface area contributed by atoms with E-state index in [4.69, 9.17) is 32.7 Å². The number of hydrogen-bond donors (Lipinski definition) is 0. The summed E-state index contributed by atoms with van der Waals surface area (Å²) in [6.45, 7) is 0. The number of hydrogen-bond acceptors (Lipinski definition) is 2. The molecular weight excluding hydrogens is 295 g/mol. The minimum atomic E-state index is -0.245. The van der Waals surface area contributed by atoms with E-state index in [-0.39, 0.29) is 11.5 Å². The first-order valence-corrected chi connectivity index (χ1v) is 7.22. The first kappa shape index (κ1) is 13.6. The van der Waals surface area contributed by atoms with Gasteiger partial charge in [0, 0.05) is 6.42 Å². The summed E-state index contributed by atoms with van der Waals surface area (Å²) in [5.74, 6) is 1.57. The van der Waals surface area contributed by atoms with Gasteiger partial charge < -0.3 is 9.47 Å². The zero-order valence-electron chi connectivity index (χ0n) is 11.0. The van der Waals surface area contributed by atoms with E-state index in [1.807, 2.05) is 36.4 Å². The number of methoxy groups -OCH3 is 1. The fraction of sp³-hybridized carbons (Fsp3) is 0.250. The summed E-state index contributed by atoms with van der Waals surface area (Å²) in [6, 6.07) is 13.6. The molecule has 1 aliphatic rings. The second kappa shape index (κ2) is 5.55. The molecule has 2 nitrogen and oxygen atoms in total. The monoisotopic (exact) mass is 308 g/mol. The van der Waals surface area contributed by atoms with Crippen molar-refractivity contribution in [3.8, 4) is 11.5 Å². The normalized spacial score (nSPS) is 18.2. The van der Waals surface area contributed by atoms with E-state index in [0.717, 1.165) is 17.7 Å². The van der Waals surface area contributed by atoms with Gasteiger partial charge in [0.05, 0.1) is 17.5 Å². The number of fused-ring (bicyclic) bond motifs is 1. The Balaban J connectivity index is 1.81. The Kier molecular flexibility index (Phi) is 3.77. The van der Waals surface area contributed by atoms with Crippen molar-refractivity contribution in [2.45, 2.75) is 17.9 Å². The molecule has 4 heteroatoms. The number of rotatable bonds is 3. The van der Waals surface area contributed by atoms with Crippen LogP contribution in [0.15, 0.2) is 42.5 Å². The van der Waals surface area contributed by atoms with Crippen molar-refractivity contribution in [1.29, 1.82) is 0 Å². The molecule has 104 valence electrons. The van der Waals surface area contributed by atoms with Gasteiger partial charge in [0.2, 0.25) is 0 Å². The van der Waals surface area contributed by atoms with Crippen LogP contribution >= 0.6 is 23.2 Å². The number of alkyl halides is 1. The average Bonchev–Trinajstić information content (AvgIpc) is 2.90. The topological polar surface area (TPSA) is 18.5 Å². The van der Waals surface area contributed by atoms with E-state index < -0.39 is 0 Å². The molecule has 0 aromatic heterocycles. The van der Waals surface area contributed by atoms with Crippen molar-refractivity contribution in [3.63, 3.8) is 0 Å². The number of halogens is 2. The van der Waals surface area contributed by atoms with Crippen molar-refractivity contribution < 1.29 is 9.47 Å². The predicted octanol–water partition coefficient (Wildman–Crippen LogP) is 4.63. The van der Waals surface area contributed by atoms with Gasteiger partial charge in [-0.25, -0.2) is 0 Å². The summed E-state index contributed by atoms with van der Waals surface area (Å²) in [7, 11) is 1.59. The smallest absolute Gasteiger partial charge is 0.137 e. The van der Waals surface area contributed by atoms with Gasteiger partial charge in [-0.2, -0.15) is 0 Å². The van der Waals surface area contributed by atoms with Crippen LogP contribution in [-0.2, 0) is 6.42 Å². The highest BCUT2D eigenvalue weighted by molar-refractivity contribution is 6.32. The van der Waals surface area contributed by atoms with Crippen LogP contribution in [0.2, 0.25) is 5.02 Å². The van der Waals surface area contributed by atoms with Crippen LogP contribution < -0.4 is 9.47 Å². The van der Waals surface area contributed by atoms with Crippen molar-refractivity contribution in [2.24, 2.45) is 0 Å². The molecule has 0 radical (unpaired) electrons. The molecular formula is C16H14Cl2O2. The minimum Gasteiger partial charge on any atom is -0.495 e. The molecule has 1 heterocycles. The Morgan fingerprint density at radius 2 is 2.05 bits per heavy atom. The number of para-hydroxylation sites is 1. The molecule has 20 heavy (non-hydrogen) atoms. The molecule has 2 unspecified atom stereocenters. The van der Waals surface area contributed by atoms with E-state index in [1.54, 1.807) is 7.11 Å². The minimum absolute atomic E-state index is 0.0708. The van der Waals surface area contributed by atoms with Gasteiger partial charge in [-0.1, -0.05) is 35.9 Å². The van der Waals surface area contributed by atoms with Crippen LogP contribution in [0.5, 0.6) is 11.5 Å². The van der Waals surface area contributed by atoms with Gasteiger partial charge in [-0.15, -0.1) is 11.6 Å². The molecule has 0 amide bonds. The lowest BCUT2D eigenvalue weighted by molar-refractivity contribution is 0.227. The second-order valence-electron chi connectivity index (χ2n) is 4.76. The standard InChI is InChI=1S/C16H14Cl2O2/c1-19-14-7-6-11(8-12(14)17)16(18)15-9-10-4-2-3-5-13(10)20-15/h2-8,15-16H,9H2,1H3. The molecule has 1 aliphatic heterocycles. The maximum absolute atomic E-state index is 6.55. The van der Waals surface area contributed by atoms with Crippen molar-refractivity contribution in [1.82, 2.24) is 0 Å². The Bertz CT molecular complexity index is 603. The average molecular weight is 309 g/mol. The molecule has 0 saturated heterocycles. The first-order valence-electron chi connectivity index (χ1n) is 6.41. The predicted molar refractivity (Wildman–Crippen MR) is 81.2 cm³/mol. The highest BCUT2D eigenvalue weighted by Crippen LogP contribution is 2.38. The number of benzene rings is 2. The largest absolute Gasteiger partial charge is 0.495 e. The third kappa shape index (κ3) is 2.46. The van der Waals surface area contributed by atoms with Crippen LogP contribution in [0.25, 0.3) is 0 Å². The number of ether oxygens (including phenoxy) is 2. The Hall–Kier alpha value is -1.38. The van der Waals surface area contributed by atoms with E-state index in [9.17, 15) is 0 Å². The zero-order chi connectivity index (χ0) is 14.1. The zero-order valence-corrected chi connectivity index (χ0v) is 12.5. The van der Waals surface area contributed by atoms with Crippen molar-refractivity contribution >= 4 is 23.2 Å². The molecule has 0 N–H and O–H groups in total. The van der Waals surface area contributed by atoms with Gasteiger partial charge in [0.15, 0.2) is 0 Å². The summed E-state index contributed by atoms with van der Waals surface area (Å²) in [6.07, 6.45) is 0.743. The fourth-order valence-electron chi connectivity index (χ4n) is 2.44. The molecule has 0 saturated carbocycles. The summed E-state index contributed by atoms with van der Waals surface area (Å²) >= 11 is 12.7. The lowest BCUT2D eigenvalue weighted by Crippen LogP contribution is -2.19. The van der Waals surface area contributed by atoms with Crippen LogP contribution in [0.3, 0.4) is 0 Å². The van der Waals surface area contributed by atoms with E-state index in [0.29, 0.717) is 10.8 Å². The van der Waals surface area contributed by atoms with Gasteiger partial charge in [-0.05, 0) is 29.3 Å². The molecule has 0 bridgehead atoms. The van der Waals surface area contributed by atoms with Gasteiger partial charge in [0.25, 0.3) is 0 Å². The van der Waals surface area contributed by atoms with Crippen LogP contribution in [0.4, 0.5) is 0 Å². The molecule has 3 rings (SSSR count). The van der Waals surface area contributed by atoms with E-state index in [1.165, 1.54) is 5.56 Å². The van der Waals surface area contributed by atoms with Crippen molar-refractivity contribution in [3.05, 3.63) is 58.6 Å². The lowest BCUT2D eigenvalue weighted by Gasteiger charge is -2.18. The quantitative estimate of drug-likeness (QED) is 0.770.